The van der Waals surface area contributed by atoms with Gasteiger partial charge in [-0.05, 0) is 35.9 Å². The number of aromatic nitrogens is 5. The highest BCUT2D eigenvalue weighted by Crippen LogP contribution is 2.21. The Hall–Kier alpha value is -1.27. The smallest absolute Gasteiger partial charge is 0.231 e. The molecule has 5 nitrogen and oxygen atoms in total. The summed E-state index contributed by atoms with van der Waals surface area (Å²) in [5.41, 5.74) is 1.01. The number of rotatable bonds is 2. The predicted molar refractivity (Wildman–Crippen MR) is 55.7 cm³/mol. The molecule has 0 unspecified atom stereocenters. The van der Waals surface area contributed by atoms with Gasteiger partial charge < -0.3 is 0 Å². The van der Waals surface area contributed by atoms with Crippen LogP contribution in [0.1, 0.15) is 5.56 Å². The second-order valence-corrected chi connectivity index (χ2v) is 4.03. The summed E-state index contributed by atoms with van der Waals surface area (Å²) in [6.07, 6.45) is 5.00. The number of halogens is 1. The van der Waals surface area contributed by atoms with Crippen LogP contribution in [0.25, 0.3) is 0 Å². The minimum Gasteiger partial charge on any atom is -0.231 e. The van der Waals surface area contributed by atoms with Gasteiger partial charge in [-0.25, -0.2) is 15.0 Å². The number of nitrogens with zero attached hydrogens (tertiary/aromatic N) is 5. The van der Waals surface area contributed by atoms with Gasteiger partial charge in [-0.3, -0.25) is 0 Å². The van der Waals surface area contributed by atoms with E-state index in [0.29, 0.717) is 10.2 Å². The predicted octanol–water partition coefficient (Wildman–Crippen LogP) is 1.77. The van der Waals surface area contributed by atoms with Gasteiger partial charge >= 0.3 is 0 Å². The van der Waals surface area contributed by atoms with E-state index < -0.39 is 0 Å². The second-order valence-electron chi connectivity index (χ2n) is 2.71. The molecule has 2 aromatic heterocycles. The molecule has 0 N–H and O–H groups in total. The molecule has 0 aliphatic rings. The minimum absolute atomic E-state index is 0.118. The Balaban J connectivity index is 2.18. The molecule has 0 radical (unpaired) electrons. The molecule has 0 spiro atoms. The van der Waals surface area contributed by atoms with Crippen molar-refractivity contribution in [2.24, 2.45) is 0 Å². The van der Waals surface area contributed by atoms with Crippen molar-refractivity contribution >= 4 is 23.4 Å². The van der Waals surface area contributed by atoms with E-state index in [9.17, 15) is 0 Å². The first kappa shape index (κ1) is 10.3. The van der Waals surface area contributed by atoms with Gasteiger partial charge in [0.2, 0.25) is 5.28 Å². The molecule has 2 heterocycles. The van der Waals surface area contributed by atoms with Crippen LogP contribution in [0.5, 0.6) is 0 Å². The molecule has 0 amide bonds. The minimum atomic E-state index is 0.118. The first-order chi connectivity index (χ1) is 7.24. The fraction of sp³-hybridized carbons (Fsp3) is 0.125. The molecule has 7 heteroatoms. The van der Waals surface area contributed by atoms with Crippen LogP contribution in [-0.4, -0.2) is 25.1 Å². The van der Waals surface area contributed by atoms with Crippen LogP contribution in [-0.2, 0) is 0 Å². The van der Waals surface area contributed by atoms with Gasteiger partial charge in [-0.1, -0.05) is 0 Å². The van der Waals surface area contributed by atoms with Gasteiger partial charge in [0.05, 0.1) is 6.20 Å². The quantitative estimate of drug-likeness (QED) is 0.745. The van der Waals surface area contributed by atoms with Gasteiger partial charge in [0.15, 0.2) is 5.16 Å². The fourth-order valence-electron chi connectivity index (χ4n) is 0.844. The Morgan fingerprint density at radius 3 is 2.60 bits per heavy atom. The van der Waals surface area contributed by atoms with E-state index >= 15 is 0 Å². The standard InChI is InChI=1S/C8H6ClN5S/c1-5-2-10-8(11-3-5)15-6-4-12-14-7(9)13-6/h2-4H,1H3. The molecule has 2 rings (SSSR count). The van der Waals surface area contributed by atoms with E-state index in [0.717, 1.165) is 5.56 Å². The molecule has 0 atom stereocenters. The molecule has 0 aliphatic carbocycles. The van der Waals surface area contributed by atoms with E-state index in [1.54, 1.807) is 12.4 Å². The van der Waals surface area contributed by atoms with E-state index in [1.807, 2.05) is 6.92 Å². The number of aryl methyl sites for hydroxylation is 1. The molecule has 76 valence electrons. The van der Waals surface area contributed by atoms with Crippen molar-refractivity contribution in [3.05, 3.63) is 29.4 Å². The Labute approximate surface area is 95.3 Å². The van der Waals surface area contributed by atoms with Crippen molar-refractivity contribution in [3.8, 4) is 0 Å². The highest BCUT2D eigenvalue weighted by Gasteiger charge is 2.03. The van der Waals surface area contributed by atoms with E-state index in [4.69, 9.17) is 11.6 Å². The highest BCUT2D eigenvalue weighted by atomic mass is 35.5. The lowest BCUT2D eigenvalue weighted by Gasteiger charge is -1.98. The number of hydrogen-bond donors (Lipinski definition) is 0. The Kier molecular flexibility index (Phi) is 3.08. The fourth-order valence-corrected chi connectivity index (χ4v) is 1.66. The molecule has 0 saturated heterocycles. The maximum absolute atomic E-state index is 5.60. The maximum Gasteiger partial charge on any atom is 0.244 e. The van der Waals surface area contributed by atoms with E-state index in [2.05, 4.69) is 25.1 Å². The van der Waals surface area contributed by atoms with Crippen LogP contribution in [0.15, 0.2) is 28.8 Å². The molecular weight excluding hydrogens is 234 g/mol. The Bertz CT molecular complexity index is 461. The lowest BCUT2D eigenvalue weighted by atomic mass is 10.4. The monoisotopic (exact) mass is 239 g/mol. The van der Waals surface area contributed by atoms with E-state index in [-0.39, 0.29) is 5.28 Å². The molecule has 0 aromatic carbocycles. The average molecular weight is 240 g/mol. The molecular formula is C8H6ClN5S. The molecule has 0 bridgehead atoms. The van der Waals surface area contributed by atoms with Gasteiger partial charge in [0.25, 0.3) is 0 Å². The first-order valence-corrected chi connectivity index (χ1v) is 5.25. The second kappa shape index (κ2) is 4.50. The lowest BCUT2D eigenvalue weighted by molar-refractivity contribution is 0.892. The largest absolute Gasteiger partial charge is 0.244 e. The molecule has 0 saturated carbocycles. The summed E-state index contributed by atoms with van der Waals surface area (Å²) in [6, 6.07) is 0. The van der Waals surface area contributed by atoms with Crippen molar-refractivity contribution in [2.75, 3.05) is 0 Å². The van der Waals surface area contributed by atoms with Crippen molar-refractivity contribution < 1.29 is 0 Å². The maximum atomic E-state index is 5.60. The van der Waals surface area contributed by atoms with Gasteiger partial charge in [0, 0.05) is 12.4 Å². The summed E-state index contributed by atoms with van der Waals surface area (Å²) < 4.78 is 0. The van der Waals surface area contributed by atoms with E-state index in [1.165, 1.54) is 18.0 Å². The third-order valence-electron chi connectivity index (χ3n) is 1.46. The third-order valence-corrected chi connectivity index (χ3v) is 2.42. The van der Waals surface area contributed by atoms with Crippen LogP contribution in [0.4, 0.5) is 0 Å². The van der Waals surface area contributed by atoms with Gasteiger partial charge in [-0.15, -0.1) is 5.10 Å². The Morgan fingerprint density at radius 1 is 1.20 bits per heavy atom. The highest BCUT2D eigenvalue weighted by molar-refractivity contribution is 7.99. The average Bonchev–Trinajstić information content (AvgIpc) is 2.22. The normalized spacial score (nSPS) is 10.3. The zero-order valence-electron chi connectivity index (χ0n) is 7.75. The zero-order chi connectivity index (χ0) is 10.7. The van der Waals surface area contributed by atoms with Gasteiger partial charge in [-0.2, -0.15) is 5.10 Å². The summed E-state index contributed by atoms with van der Waals surface area (Å²) >= 11 is 6.89. The number of hydrogen-bond acceptors (Lipinski definition) is 6. The van der Waals surface area contributed by atoms with Crippen LogP contribution < -0.4 is 0 Å². The summed E-state index contributed by atoms with van der Waals surface area (Å²) in [5, 5.41) is 8.57. The lowest BCUT2D eigenvalue weighted by Crippen LogP contribution is -1.91. The molecule has 2 aromatic rings. The Morgan fingerprint density at radius 2 is 1.93 bits per heavy atom. The molecule has 0 fully saturated rings. The third kappa shape index (κ3) is 2.84. The first-order valence-electron chi connectivity index (χ1n) is 4.06. The summed E-state index contributed by atoms with van der Waals surface area (Å²) in [6.45, 7) is 1.93. The summed E-state index contributed by atoms with van der Waals surface area (Å²) in [4.78, 5) is 12.2. The van der Waals surface area contributed by atoms with Crippen LogP contribution in [0, 0.1) is 6.92 Å². The van der Waals surface area contributed by atoms with Crippen LogP contribution in [0.3, 0.4) is 0 Å². The SMILES string of the molecule is Cc1cnc(Sc2cnnc(Cl)n2)nc1. The van der Waals surface area contributed by atoms with Gasteiger partial charge in [0.1, 0.15) is 5.03 Å². The summed E-state index contributed by atoms with van der Waals surface area (Å²) in [5.74, 6) is 0. The van der Waals surface area contributed by atoms with Crippen molar-refractivity contribution in [1.29, 1.82) is 0 Å². The van der Waals surface area contributed by atoms with Crippen LogP contribution in [0.2, 0.25) is 5.28 Å². The molecule has 0 aliphatic heterocycles. The van der Waals surface area contributed by atoms with Crippen molar-refractivity contribution in [2.45, 2.75) is 17.1 Å². The zero-order valence-corrected chi connectivity index (χ0v) is 9.33. The summed E-state index contributed by atoms with van der Waals surface area (Å²) in [7, 11) is 0. The van der Waals surface area contributed by atoms with Crippen LogP contribution >= 0.6 is 23.4 Å². The topological polar surface area (TPSA) is 64.5 Å². The molecule has 15 heavy (non-hydrogen) atoms. The van der Waals surface area contributed by atoms with Crippen molar-refractivity contribution in [3.63, 3.8) is 0 Å². The van der Waals surface area contributed by atoms with Crippen molar-refractivity contribution in [1.82, 2.24) is 25.1 Å².